The summed E-state index contributed by atoms with van der Waals surface area (Å²) in [5.41, 5.74) is 2.30. The number of fused-ring (bicyclic) bond motifs is 1. The van der Waals surface area contributed by atoms with E-state index in [2.05, 4.69) is 5.32 Å². The molecule has 1 aromatic rings. The Labute approximate surface area is 119 Å². The average molecular weight is 276 g/mol. The minimum absolute atomic E-state index is 0.159. The van der Waals surface area contributed by atoms with Gasteiger partial charge in [-0.1, -0.05) is 6.07 Å². The molecule has 2 aliphatic rings. The summed E-state index contributed by atoms with van der Waals surface area (Å²) in [6, 6.07) is 5.30. The Bertz CT molecular complexity index is 497. The monoisotopic (exact) mass is 276 g/mol. The normalized spacial score (nSPS) is 21.2. The molecule has 108 valence electrons. The Morgan fingerprint density at radius 3 is 2.95 bits per heavy atom. The Morgan fingerprint density at radius 2 is 2.15 bits per heavy atom. The number of nitrogens with one attached hydrogen (secondary N) is 1. The maximum Gasteiger partial charge on any atom is 0.223 e. The molecular weight excluding hydrogens is 255 g/mol. The molecule has 0 aromatic heterocycles. The summed E-state index contributed by atoms with van der Waals surface area (Å²) in [7, 11) is 0. The van der Waals surface area contributed by atoms with Gasteiger partial charge in [0.25, 0.3) is 0 Å². The van der Waals surface area contributed by atoms with Crippen LogP contribution >= 0.6 is 0 Å². The second-order valence-corrected chi connectivity index (χ2v) is 5.73. The van der Waals surface area contributed by atoms with Crippen LogP contribution in [0.25, 0.3) is 0 Å². The van der Waals surface area contributed by atoms with Crippen molar-refractivity contribution in [1.82, 2.24) is 10.2 Å². The number of aryl methyl sites for hydroxylation is 1. The number of rotatable bonds is 4. The number of carbonyl (C=O) groups is 1. The van der Waals surface area contributed by atoms with E-state index in [4.69, 9.17) is 0 Å². The number of amides is 1. The standard InChI is InChI=1S/C16H21FN2O/c17-13-4-5-14-12(11-13)3-6-15(14)18-8-7-16(20)19-9-1-2-10-19/h4-5,11,15,18H,1-3,6-10H2. The van der Waals surface area contributed by atoms with E-state index < -0.39 is 0 Å². The topological polar surface area (TPSA) is 32.3 Å². The fourth-order valence-electron chi connectivity index (χ4n) is 3.28. The van der Waals surface area contributed by atoms with Crippen molar-refractivity contribution < 1.29 is 9.18 Å². The van der Waals surface area contributed by atoms with Gasteiger partial charge in [-0.2, -0.15) is 0 Å². The first-order valence-corrected chi connectivity index (χ1v) is 7.53. The lowest BCUT2D eigenvalue weighted by Crippen LogP contribution is -2.31. The van der Waals surface area contributed by atoms with Crippen LogP contribution in [0.2, 0.25) is 0 Å². The Morgan fingerprint density at radius 1 is 1.35 bits per heavy atom. The lowest BCUT2D eigenvalue weighted by molar-refractivity contribution is -0.130. The summed E-state index contributed by atoms with van der Waals surface area (Å²) >= 11 is 0. The second kappa shape index (κ2) is 5.92. The molecule has 3 rings (SSSR count). The molecule has 1 saturated heterocycles. The molecule has 1 amide bonds. The first kappa shape index (κ1) is 13.6. The number of benzene rings is 1. The lowest BCUT2D eigenvalue weighted by Gasteiger charge is -2.17. The number of nitrogens with zero attached hydrogens (tertiary/aromatic N) is 1. The molecule has 20 heavy (non-hydrogen) atoms. The number of carbonyl (C=O) groups excluding carboxylic acids is 1. The SMILES string of the molecule is O=C(CCNC1CCc2cc(F)ccc21)N1CCCC1. The van der Waals surface area contributed by atoms with Crippen molar-refractivity contribution in [3.63, 3.8) is 0 Å². The highest BCUT2D eigenvalue weighted by Gasteiger charge is 2.23. The van der Waals surface area contributed by atoms with E-state index in [0.717, 1.165) is 44.3 Å². The summed E-state index contributed by atoms with van der Waals surface area (Å²) in [6.07, 6.45) is 4.76. The third-order valence-electron chi connectivity index (χ3n) is 4.37. The van der Waals surface area contributed by atoms with E-state index in [1.54, 1.807) is 6.07 Å². The van der Waals surface area contributed by atoms with Gasteiger partial charge >= 0.3 is 0 Å². The van der Waals surface area contributed by atoms with E-state index in [9.17, 15) is 9.18 Å². The molecule has 0 saturated carbocycles. The molecule has 1 fully saturated rings. The Kier molecular flexibility index (Phi) is 4.01. The zero-order valence-electron chi connectivity index (χ0n) is 11.7. The van der Waals surface area contributed by atoms with Crippen LogP contribution in [0.5, 0.6) is 0 Å². The van der Waals surface area contributed by atoms with Gasteiger partial charge in [0.2, 0.25) is 5.91 Å². The van der Waals surface area contributed by atoms with Crippen molar-refractivity contribution in [2.45, 2.75) is 38.1 Å². The lowest BCUT2D eigenvalue weighted by atomic mass is 10.1. The Balaban J connectivity index is 1.49. The molecule has 1 unspecified atom stereocenters. The predicted molar refractivity (Wildman–Crippen MR) is 75.9 cm³/mol. The van der Waals surface area contributed by atoms with Gasteiger partial charge in [0.15, 0.2) is 0 Å². The zero-order valence-corrected chi connectivity index (χ0v) is 11.7. The van der Waals surface area contributed by atoms with Crippen molar-refractivity contribution in [1.29, 1.82) is 0 Å². The molecule has 4 heteroatoms. The molecular formula is C16H21FN2O. The predicted octanol–water partition coefficient (Wildman–Crippen LogP) is 2.42. The summed E-state index contributed by atoms with van der Waals surface area (Å²) in [4.78, 5) is 13.9. The largest absolute Gasteiger partial charge is 0.343 e. The first-order valence-electron chi connectivity index (χ1n) is 7.53. The molecule has 1 aliphatic heterocycles. The smallest absolute Gasteiger partial charge is 0.223 e. The van der Waals surface area contributed by atoms with E-state index in [-0.39, 0.29) is 17.8 Å². The molecule has 0 spiro atoms. The van der Waals surface area contributed by atoms with E-state index in [1.807, 2.05) is 11.0 Å². The number of halogens is 1. The van der Waals surface area contributed by atoms with Crippen molar-refractivity contribution in [2.24, 2.45) is 0 Å². The molecule has 3 nitrogen and oxygen atoms in total. The molecule has 0 radical (unpaired) electrons. The van der Waals surface area contributed by atoms with Gasteiger partial charge in [-0.05, 0) is 48.9 Å². The number of hydrogen-bond donors (Lipinski definition) is 1. The molecule has 1 aliphatic carbocycles. The minimum atomic E-state index is -0.159. The third-order valence-corrected chi connectivity index (χ3v) is 4.37. The maximum atomic E-state index is 13.1. The first-order chi connectivity index (χ1) is 9.74. The van der Waals surface area contributed by atoms with Crippen molar-refractivity contribution in [3.05, 3.63) is 35.1 Å². The van der Waals surface area contributed by atoms with Crippen LogP contribution in [-0.4, -0.2) is 30.4 Å². The summed E-state index contributed by atoms with van der Waals surface area (Å²) < 4.78 is 13.1. The molecule has 0 bridgehead atoms. The summed E-state index contributed by atoms with van der Waals surface area (Å²) in [6.45, 7) is 2.55. The molecule has 1 aromatic carbocycles. The Hall–Kier alpha value is -1.42. The number of hydrogen-bond acceptors (Lipinski definition) is 2. The summed E-state index contributed by atoms with van der Waals surface area (Å²) in [5, 5.41) is 3.44. The fraction of sp³-hybridized carbons (Fsp3) is 0.562. The highest BCUT2D eigenvalue weighted by molar-refractivity contribution is 5.76. The zero-order chi connectivity index (χ0) is 13.9. The maximum absolute atomic E-state index is 13.1. The van der Waals surface area contributed by atoms with Gasteiger partial charge in [0.05, 0.1) is 0 Å². The average Bonchev–Trinajstić information content (AvgIpc) is 3.08. The van der Waals surface area contributed by atoms with E-state index >= 15 is 0 Å². The minimum Gasteiger partial charge on any atom is -0.343 e. The van der Waals surface area contributed by atoms with Crippen molar-refractivity contribution >= 4 is 5.91 Å². The van der Waals surface area contributed by atoms with Gasteiger partial charge in [0.1, 0.15) is 5.82 Å². The van der Waals surface area contributed by atoms with Crippen molar-refractivity contribution in [2.75, 3.05) is 19.6 Å². The van der Waals surface area contributed by atoms with Crippen molar-refractivity contribution in [3.8, 4) is 0 Å². The van der Waals surface area contributed by atoms with Crippen LogP contribution in [0, 0.1) is 5.82 Å². The quantitative estimate of drug-likeness (QED) is 0.916. The van der Waals surface area contributed by atoms with Gasteiger partial charge in [0, 0.05) is 32.1 Å². The highest BCUT2D eigenvalue weighted by atomic mass is 19.1. The summed E-state index contributed by atoms with van der Waals surface area (Å²) in [5.74, 6) is 0.0981. The van der Waals surface area contributed by atoms with Crippen LogP contribution in [0.1, 0.15) is 42.9 Å². The van der Waals surface area contributed by atoms with Crippen LogP contribution in [0.3, 0.4) is 0 Å². The van der Waals surface area contributed by atoms with Gasteiger partial charge in [-0.3, -0.25) is 4.79 Å². The van der Waals surface area contributed by atoms with Crippen LogP contribution in [0.4, 0.5) is 4.39 Å². The molecule has 1 atom stereocenters. The third kappa shape index (κ3) is 2.85. The van der Waals surface area contributed by atoms with E-state index in [1.165, 1.54) is 11.6 Å². The van der Waals surface area contributed by atoms with Crippen LogP contribution in [0.15, 0.2) is 18.2 Å². The number of likely N-dealkylation sites (tertiary alicyclic amines) is 1. The van der Waals surface area contributed by atoms with Gasteiger partial charge in [-0.15, -0.1) is 0 Å². The molecule has 1 N–H and O–H groups in total. The van der Waals surface area contributed by atoms with Crippen LogP contribution < -0.4 is 5.32 Å². The second-order valence-electron chi connectivity index (χ2n) is 5.73. The molecule has 1 heterocycles. The highest BCUT2D eigenvalue weighted by Crippen LogP contribution is 2.31. The van der Waals surface area contributed by atoms with E-state index in [0.29, 0.717) is 13.0 Å². The van der Waals surface area contributed by atoms with Gasteiger partial charge in [-0.25, -0.2) is 4.39 Å². The van der Waals surface area contributed by atoms with Crippen LogP contribution in [-0.2, 0) is 11.2 Å². The van der Waals surface area contributed by atoms with Gasteiger partial charge < -0.3 is 10.2 Å². The fourth-order valence-corrected chi connectivity index (χ4v) is 3.28.